The summed E-state index contributed by atoms with van der Waals surface area (Å²) >= 11 is 1.95. The van der Waals surface area contributed by atoms with Gasteiger partial charge in [-0.05, 0) is 82.5 Å². The summed E-state index contributed by atoms with van der Waals surface area (Å²) in [4.78, 5) is 45.7. The lowest BCUT2D eigenvalue weighted by molar-refractivity contribution is -0.230. The molecule has 41 heavy (non-hydrogen) atoms. The van der Waals surface area contributed by atoms with Gasteiger partial charge in [0.05, 0.1) is 24.5 Å². The minimum atomic E-state index is -0.735. The first kappa shape index (κ1) is 28.5. The SMILES string of the molecule is CC(C)C1(OC(=O)C2C3OC4C2C(=O)N(C(C)(C)C)C4C3OC(=O)CCN2CCSCC2)C2CC3CC(C2)CC1C3. The lowest BCUT2D eigenvalue weighted by atomic mass is 9.47. The van der Waals surface area contributed by atoms with Gasteiger partial charge in [0, 0.05) is 36.7 Å². The molecule has 4 aliphatic heterocycles. The molecule has 6 atom stereocenters. The first-order valence-corrected chi connectivity index (χ1v) is 17.4. The number of thioether (sulfide) groups is 1. The van der Waals surface area contributed by atoms with E-state index in [4.69, 9.17) is 14.2 Å². The number of carbonyl (C=O) groups excluding carboxylic acids is 3. The second-order valence-corrected chi connectivity index (χ2v) is 16.6. The number of nitrogens with zero attached hydrogens (tertiary/aromatic N) is 2. The molecule has 228 valence electrons. The van der Waals surface area contributed by atoms with Crippen molar-refractivity contribution in [3.63, 3.8) is 0 Å². The van der Waals surface area contributed by atoms with Crippen LogP contribution in [-0.2, 0) is 28.6 Å². The highest BCUT2D eigenvalue weighted by Gasteiger charge is 2.74. The summed E-state index contributed by atoms with van der Waals surface area (Å²) in [5.74, 6) is 2.74. The van der Waals surface area contributed by atoms with Crippen molar-refractivity contribution >= 4 is 29.6 Å². The fraction of sp³-hybridized carbons (Fsp3) is 0.906. The molecule has 0 N–H and O–H groups in total. The fourth-order valence-electron chi connectivity index (χ4n) is 10.5. The molecule has 0 aromatic heterocycles. The Morgan fingerprint density at radius 2 is 1.66 bits per heavy atom. The zero-order valence-electron chi connectivity index (χ0n) is 25.4. The van der Waals surface area contributed by atoms with Gasteiger partial charge in [-0.1, -0.05) is 13.8 Å². The third-order valence-corrected chi connectivity index (χ3v) is 12.8. The molecule has 8 fully saturated rings. The van der Waals surface area contributed by atoms with Crippen LogP contribution in [-0.4, -0.2) is 94.3 Å². The lowest BCUT2D eigenvalue weighted by Gasteiger charge is -2.62. The van der Waals surface area contributed by atoms with E-state index >= 15 is 0 Å². The average Bonchev–Trinajstić information content (AvgIpc) is 3.52. The molecule has 9 heteroatoms. The van der Waals surface area contributed by atoms with E-state index in [9.17, 15) is 14.4 Å². The van der Waals surface area contributed by atoms with Crippen molar-refractivity contribution < 1.29 is 28.6 Å². The van der Waals surface area contributed by atoms with Gasteiger partial charge in [0.2, 0.25) is 5.91 Å². The molecule has 0 radical (unpaired) electrons. The van der Waals surface area contributed by atoms with Crippen LogP contribution in [0.1, 0.15) is 73.1 Å². The van der Waals surface area contributed by atoms with Crippen LogP contribution < -0.4 is 0 Å². The van der Waals surface area contributed by atoms with Gasteiger partial charge < -0.3 is 24.0 Å². The maximum Gasteiger partial charge on any atom is 0.313 e. The summed E-state index contributed by atoms with van der Waals surface area (Å²) in [5.41, 5.74) is -0.960. The largest absolute Gasteiger partial charge is 0.458 e. The van der Waals surface area contributed by atoms with E-state index in [0.29, 0.717) is 24.8 Å². The Morgan fingerprint density at radius 1 is 1.02 bits per heavy atom. The minimum Gasteiger partial charge on any atom is -0.458 e. The van der Waals surface area contributed by atoms with Gasteiger partial charge in [0.15, 0.2) is 6.10 Å². The fourth-order valence-corrected chi connectivity index (χ4v) is 11.5. The molecular formula is C32H48N2O6S. The molecule has 6 bridgehead atoms. The molecule has 6 unspecified atom stereocenters. The van der Waals surface area contributed by atoms with Crippen molar-refractivity contribution in [2.75, 3.05) is 31.1 Å². The smallest absolute Gasteiger partial charge is 0.313 e. The summed E-state index contributed by atoms with van der Waals surface area (Å²) in [6, 6.07) is -0.364. The Morgan fingerprint density at radius 3 is 2.24 bits per heavy atom. The molecule has 0 aromatic carbocycles. The number of carbonyl (C=O) groups is 3. The number of hydrogen-bond acceptors (Lipinski definition) is 8. The lowest BCUT2D eigenvalue weighted by Crippen LogP contribution is -2.63. The molecule has 8 aliphatic rings. The summed E-state index contributed by atoms with van der Waals surface area (Å²) in [7, 11) is 0. The molecular weight excluding hydrogens is 540 g/mol. The second-order valence-electron chi connectivity index (χ2n) is 15.4. The Hall–Kier alpha value is -1.32. The van der Waals surface area contributed by atoms with Crippen molar-refractivity contribution in [3.8, 4) is 0 Å². The van der Waals surface area contributed by atoms with Crippen LogP contribution in [0.5, 0.6) is 0 Å². The summed E-state index contributed by atoms with van der Waals surface area (Å²) in [5, 5.41) is 0. The van der Waals surface area contributed by atoms with Crippen LogP contribution >= 0.6 is 11.8 Å². The van der Waals surface area contributed by atoms with E-state index in [-0.39, 0.29) is 29.8 Å². The third-order valence-electron chi connectivity index (χ3n) is 11.8. The molecule has 1 amide bonds. The predicted octanol–water partition coefficient (Wildman–Crippen LogP) is 3.75. The Bertz CT molecular complexity index is 1050. The van der Waals surface area contributed by atoms with Crippen LogP contribution in [0.2, 0.25) is 0 Å². The topological polar surface area (TPSA) is 85.4 Å². The Balaban J connectivity index is 1.14. The Labute approximate surface area is 248 Å². The second kappa shape index (κ2) is 10.1. The van der Waals surface area contributed by atoms with E-state index in [0.717, 1.165) is 62.1 Å². The molecule has 8 nitrogen and oxygen atoms in total. The number of ether oxygens (including phenoxy) is 3. The van der Waals surface area contributed by atoms with E-state index in [2.05, 4.69) is 18.7 Å². The molecule has 0 spiro atoms. The number of amides is 1. The zero-order valence-corrected chi connectivity index (χ0v) is 26.2. The van der Waals surface area contributed by atoms with Gasteiger partial charge in [-0.2, -0.15) is 11.8 Å². The maximum atomic E-state index is 14.4. The standard InChI is InChI=1S/C32H48N2O6S/c1-17(2)32(20-13-18-12-19(15-20)16-21(32)14-18)40-30(37)24-23-26-25(34(29(23)36)31(3,4)5)28(27(24)39-26)38-22(35)6-7-33-8-10-41-11-9-33/h17-21,23-28H,6-16H2,1-5H3. The number of fused-ring (bicyclic) bond motifs is 1. The molecule has 8 rings (SSSR count). The van der Waals surface area contributed by atoms with Crippen molar-refractivity contribution in [1.82, 2.24) is 9.80 Å². The van der Waals surface area contributed by atoms with Gasteiger partial charge in [0.1, 0.15) is 17.6 Å². The first-order valence-electron chi connectivity index (χ1n) is 16.2. The number of likely N-dealkylation sites (tertiary alicyclic amines) is 1. The van der Waals surface area contributed by atoms with Gasteiger partial charge in [-0.3, -0.25) is 14.4 Å². The number of esters is 2. The van der Waals surface area contributed by atoms with Crippen molar-refractivity contribution in [2.45, 2.75) is 109 Å². The normalized spacial score (nSPS) is 44.7. The molecule has 4 aliphatic carbocycles. The summed E-state index contributed by atoms with van der Waals surface area (Å²) in [6.45, 7) is 13.1. The average molecular weight is 589 g/mol. The van der Waals surface area contributed by atoms with E-state index in [1.807, 2.05) is 37.4 Å². The van der Waals surface area contributed by atoms with Crippen molar-refractivity contribution in [3.05, 3.63) is 0 Å². The van der Waals surface area contributed by atoms with Gasteiger partial charge in [0.25, 0.3) is 0 Å². The highest BCUT2D eigenvalue weighted by molar-refractivity contribution is 7.99. The molecule has 4 heterocycles. The predicted molar refractivity (Wildman–Crippen MR) is 155 cm³/mol. The summed E-state index contributed by atoms with van der Waals surface area (Å²) < 4.78 is 19.4. The third kappa shape index (κ3) is 4.41. The first-order chi connectivity index (χ1) is 19.5. The minimum absolute atomic E-state index is 0.0648. The number of hydrogen-bond donors (Lipinski definition) is 0. The molecule has 4 saturated heterocycles. The summed E-state index contributed by atoms with van der Waals surface area (Å²) in [6.07, 6.45) is 4.46. The molecule has 4 saturated carbocycles. The maximum absolute atomic E-state index is 14.4. The monoisotopic (exact) mass is 588 g/mol. The van der Waals surface area contributed by atoms with E-state index < -0.39 is 41.3 Å². The van der Waals surface area contributed by atoms with Crippen LogP contribution in [0.4, 0.5) is 0 Å². The molecule has 0 aromatic rings. The number of rotatable bonds is 7. The van der Waals surface area contributed by atoms with Crippen molar-refractivity contribution in [1.29, 1.82) is 0 Å². The zero-order chi connectivity index (χ0) is 28.8. The van der Waals surface area contributed by atoms with E-state index in [1.54, 1.807) is 0 Å². The quantitative estimate of drug-likeness (QED) is 0.416. The van der Waals surface area contributed by atoms with Crippen LogP contribution in [0.25, 0.3) is 0 Å². The van der Waals surface area contributed by atoms with Crippen molar-refractivity contribution in [2.24, 2.45) is 41.4 Å². The van der Waals surface area contributed by atoms with Gasteiger partial charge in [-0.25, -0.2) is 0 Å². The van der Waals surface area contributed by atoms with E-state index in [1.165, 1.54) is 6.42 Å². The van der Waals surface area contributed by atoms with Crippen LogP contribution in [0.15, 0.2) is 0 Å². The van der Waals surface area contributed by atoms with Crippen LogP contribution in [0.3, 0.4) is 0 Å². The highest BCUT2D eigenvalue weighted by atomic mass is 32.2. The van der Waals surface area contributed by atoms with Gasteiger partial charge >= 0.3 is 11.9 Å². The van der Waals surface area contributed by atoms with Crippen LogP contribution in [0, 0.1) is 41.4 Å². The Kier molecular flexibility index (Phi) is 7.02. The highest BCUT2D eigenvalue weighted by Crippen LogP contribution is 2.63. The van der Waals surface area contributed by atoms with Gasteiger partial charge in [-0.15, -0.1) is 0 Å².